The molecule has 5 nitrogen and oxygen atoms in total. The number of cyclic esters (lactones) is 1. The second-order valence-corrected chi connectivity index (χ2v) is 8.44. The van der Waals surface area contributed by atoms with E-state index in [1.807, 2.05) is 0 Å². The molecule has 1 N–H and O–H groups in total. The summed E-state index contributed by atoms with van der Waals surface area (Å²) in [6.45, 7) is 1.37. The maximum atomic E-state index is 13.0. The van der Waals surface area contributed by atoms with Crippen molar-refractivity contribution in [3.8, 4) is 0 Å². The highest BCUT2D eigenvalue weighted by Crippen LogP contribution is 2.60. The zero-order valence-corrected chi connectivity index (χ0v) is 14.5. The molecule has 1 spiro atoms. The maximum Gasteiger partial charge on any atom is 0.416 e. The number of piperidine rings is 1. The molecule has 2 amide bonds. The monoisotopic (exact) mass is 380 g/mol. The zero-order valence-electron chi connectivity index (χ0n) is 14.5. The molecular formula is C19H19F3N2O3. The standard InChI is InChI=1S/C19H19F3N2O3/c20-19(21,22)13-3-1-2-12(4-13)18-7-14(18)8-24(9-18)15(25)11-5-17(6-11)10-27-16(26)23-17/h1-4,11,14H,5-10H2,(H,23,26)/t11-,14?,17+,18?. The van der Waals surface area contributed by atoms with Crippen LogP contribution >= 0.6 is 0 Å². The van der Waals surface area contributed by atoms with Gasteiger partial charge in [0.15, 0.2) is 0 Å². The fourth-order valence-electron chi connectivity index (χ4n) is 5.13. The summed E-state index contributed by atoms with van der Waals surface area (Å²) >= 11 is 0. The van der Waals surface area contributed by atoms with Crippen LogP contribution in [0.15, 0.2) is 24.3 Å². The number of carbonyl (C=O) groups excluding carboxylic acids is 2. The fraction of sp³-hybridized carbons (Fsp3) is 0.579. The zero-order chi connectivity index (χ0) is 19.0. The molecule has 2 atom stereocenters. The third-order valence-corrected chi connectivity index (χ3v) is 6.69. The van der Waals surface area contributed by atoms with Gasteiger partial charge in [-0.05, 0) is 36.8 Å². The number of rotatable bonds is 2. The van der Waals surface area contributed by atoms with Gasteiger partial charge in [-0.3, -0.25) is 4.79 Å². The molecule has 2 saturated heterocycles. The van der Waals surface area contributed by atoms with Gasteiger partial charge in [0.1, 0.15) is 6.61 Å². The summed E-state index contributed by atoms with van der Waals surface area (Å²) in [6.07, 6.45) is -2.84. The summed E-state index contributed by atoms with van der Waals surface area (Å²) in [5.74, 6) is 0.122. The van der Waals surface area contributed by atoms with Crippen molar-refractivity contribution in [2.24, 2.45) is 11.8 Å². The van der Waals surface area contributed by atoms with E-state index < -0.39 is 23.4 Å². The van der Waals surface area contributed by atoms with Gasteiger partial charge in [0.05, 0.1) is 11.1 Å². The van der Waals surface area contributed by atoms with Crippen LogP contribution < -0.4 is 5.32 Å². The fourth-order valence-corrected chi connectivity index (χ4v) is 5.13. The lowest BCUT2D eigenvalue weighted by Crippen LogP contribution is -2.58. The topological polar surface area (TPSA) is 58.6 Å². The second-order valence-electron chi connectivity index (χ2n) is 8.44. The Labute approximate surface area is 153 Å². The second kappa shape index (κ2) is 5.17. The first-order valence-electron chi connectivity index (χ1n) is 9.12. The number of likely N-dealkylation sites (tertiary alicyclic amines) is 1. The van der Waals surface area contributed by atoms with Gasteiger partial charge in [-0.2, -0.15) is 13.2 Å². The van der Waals surface area contributed by atoms with Crippen LogP contribution in [0.3, 0.4) is 0 Å². The molecule has 5 rings (SSSR count). The van der Waals surface area contributed by atoms with E-state index in [9.17, 15) is 22.8 Å². The summed E-state index contributed by atoms with van der Waals surface area (Å²) < 4.78 is 44.0. The molecule has 2 aliphatic carbocycles. The molecule has 2 heterocycles. The molecule has 1 aromatic rings. The Kier molecular flexibility index (Phi) is 3.24. The number of hydrogen-bond donors (Lipinski definition) is 1. The molecular weight excluding hydrogens is 361 g/mol. The normalized spacial score (nSPS) is 36.9. The van der Waals surface area contributed by atoms with Gasteiger partial charge in [-0.25, -0.2) is 4.79 Å². The molecule has 2 saturated carbocycles. The number of hydrogen-bond acceptors (Lipinski definition) is 3. The largest absolute Gasteiger partial charge is 0.447 e. The Balaban J connectivity index is 1.27. The summed E-state index contributed by atoms with van der Waals surface area (Å²) in [4.78, 5) is 25.8. The van der Waals surface area contributed by atoms with Crippen molar-refractivity contribution < 1.29 is 27.5 Å². The number of fused-ring (bicyclic) bond motifs is 1. The SMILES string of the molecule is O=C1N[C@]2(CO1)C[C@H](C(=O)N1CC3CC3(c3cccc(C(F)(F)F)c3)C1)C2. The minimum absolute atomic E-state index is 0.0420. The van der Waals surface area contributed by atoms with Crippen LogP contribution in [0.4, 0.5) is 18.0 Å². The first-order valence-corrected chi connectivity index (χ1v) is 9.12. The number of carbonyl (C=O) groups is 2. The van der Waals surface area contributed by atoms with Gasteiger partial charge in [0.2, 0.25) is 5.91 Å². The molecule has 0 radical (unpaired) electrons. The van der Waals surface area contributed by atoms with Crippen LogP contribution in [0.2, 0.25) is 0 Å². The summed E-state index contributed by atoms with van der Waals surface area (Å²) in [5.41, 5.74) is -0.691. The number of alkyl carbamates (subject to hydrolysis) is 1. The third-order valence-electron chi connectivity index (χ3n) is 6.69. The van der Waals surface area contributed by atoms with Crippen LogP contribution in [0.25, 0.3) is 0 Å². The van der Waals surface area contributed by atoms with Crippen molar-refractivity contribution in [2.45, 2.75) is 36.4 Å². The Morgan fingerprint density at radius 2 is 2.04 bits per heavy atom. The van der Waals surface area contributed by atoms with Gasteiger partial charge in [-0.1, -0.05) is 18.2 Å². The van der Waals surface area contributed by atoms with E-state index in [-0.39, 0.29) is 23.2 Å². The molecule has 4 aliphatic rings. The van der Waals surface area contributed by atoms with E-state index in [0.717, 1.165) is 12.5 Å². The molecule has 144 valence electrons. The number of nitrogens with zero attached hydrogens (tertiary/aromatic N) is 1. The van der Waals surface area contributed by atoms with Crippen molar-refractivity contribution in [3.05, 3.63) is 35.4 Å². The van der Waals surface area contributed by atoms with Crippen molar-refractivity contribution in [3.63, 3.8) is 0 Å². The summed E-state index contributed by atoms with van der Waals surface area (Å²) in [6, 6.07) is 5.51. The highest BCUT2D eigenvalue weighted by atomic mass is 19.4. The number of alkyl halides is 3. The Morgan fingerprint density at radius 1 is 1.26 bits per heavy atom. The third kappa shape index (κ3) is 2.52. The average molecular weight is 380 g/mol. The average Bonchev–Trinajstić information content (AvgIpc) is 2.96. The first kappa shape index (κ1) is 16.9. The number of amides is 2. The van der Waals surface area contributed by atoms with Gasteiger partial charge >= 0.3 is 12.3 Å². The van der Waals surface area contributed by atoms with Gasteiger partial charge in [0, 0.05) is 24.4 Å². The number of benzene rings is 1. The maximum absolute atomic E-state index is 13.0. The predicted octanol–water partition coefficient (Wildman–Crippen LogP) is 2.69. The quantitative estimate of drug-likeness (QED) is 0.858. The van der Waals surface area contributed by atoms with E-state index in [1.54, 1.807) is 11.0 Å². The van der Waals surface area contributed by atoms with E-state index in [2.05, 4.69) is 5.32 Å². The molecule has 27 heavy (non-hydrogen) atoms. The van der Waals surface area contributed by atoms with Crippen LogP contribution in [-0.4, -0.2) is 42.1 Å². The Bertz CT molecular complexity index is 834. The van der Waals surface area contributed by atoms with E-state index >= 15 is 0 Å². The van der Waals surface area contributed by atoms with Crippen molar-refractivity contribution in [1.29, 1.82) is 0 Å². The molecule has 2 unspecified atom stereocenters. The molecule has 1 aromatic carbocycles. The molecule has 2 aliphatic heterocycles. The highest BCUT2D eigenvalue weighted by molar-refractivity contribution is 5.82. The molecule has 0 aromatic heterocycles. The minimum atomic E-state index is -4.36. The lowest BCUT2D eigenvalue weighted by Gasteiger charge is -2.43. The van der Waals surface area contributed by atoms with Gasteiger partial charge in [0.25, 0.3) is 0 Å². The van der Waals surface area contributed by atoms with Crippen molar-refractivity contribution in [2.75, 3.05) is 19.7 Å². The highest BCUT2D eigenvalue weighted by Gasteiger charge is 2.63. The number of nitrogens with one attached hydrogen (secondary N) is 1. The molecule has 8 heteroatoms. The molecule has 0 bridgehead atoms. The minimum Gasteiger partial charge on any atom is -0.447 e. The van der Waals surface area contributed by atoms with E-state index in [0.29, 0.717) is 38.1 Å². The molecule has 4 fully saturated rings. The Morgan fingerprint density at radius 3 is 2.70 bits per heavy atom. The van der Waals surface area contributed by atoms with Crippen LogP contribution in [0, 0.1) is 11.8 Å². The van der Waals surface area contributed by atoms with Crippen LogP contribution in [0.5, 0.6) is 0 Å². The number of ether oxygens (including phenoxy) is 1. The van der Waals surface area contributed by atoms with Crippen LogP contribution in [0.1, 0.15) is 30.4 Å². The smallest absolute Gasteiger partial charge is 0.416 e. The van der Waals surface area contributed by atoms with E-state index in [1.165, 1.54) is 12.1 Å². The first-order chi connectivity index (χ1) is 12.7. The van der Waals surface area contributed by atoms with Gasteiger partial charge < -0.3 is 15.0 Å². The Hall–Kier alpha value is -2.25. The predicted molar refractivity (Wildman–Crippen MR) is 87.7 cm³/mol. The lowest BCUT2D eigenvalue weighted by molar-refractivity contribution is -0.141. The van der Waals surface area contributed by atoms with E-state index in [4.69, 9.17) is 4.74 Å². The van der Waals surface area contributed by atoms with Gasteiger partial charge in [-0.15, -0.1) is 0 Å². The van der Waals surface area contributed by atoms with Crippen LogP contribution in [-0.2, 0) is 21.1 Å². The lowest BCUT2D eigenvalue weighted by atomic mass is 9.68. The summed E-state index contributed by atoms with van der Waals surface area (Å²) in [5, 5.41) is 2.77. The number of halogens is 3. The summed E-state index contributed by atoms with van der Waals surface area (Å²) in [7, 11) is 0. The van der Waals surface area contributed by atoms with Crippen molar-refractivity contribution in [1.82, 2.24) is 10.2 Å². The van der Waals surface area contributed by atoms with Crippen molar-refractivity contribution >= 4 is 12.0 Å².